The van der Waals surface area contributed by atoms with Crippen molar-refractivity contribution in [3.63, 3.8) is 0 Å². The molecular formula is C19H18N4O2S2. The van der Waals surface area contributed by atoms with Gasteiger partial charge in [0.2, 0.25) is 11.0 Å². The summed E-state index contributed by atoms with van der Waals surface area (Å²) in [5.41, 5.74) is 0.903. The van der Waals surface area contributed by atoms with Gasteiger partial charge in [-0.1, -0.05) is 41.3 Å². The van der Waals surface area contributed by atoms with Gasteiger partial charge in [0.1, 0.15) is 11.5 Å². The second-order valence-corrected chi connectivity index (χ2v) is 8.52. The van der Waals surface area contributed by atoms with Crippen LogP contribution in [0.25, 0.3) is 0 Å². The third-order valence-electron chi connectivity index (χ3n) is 4.11. The van der Waals surface area contributed by atoms with Crippen molar-refractivity contribution >= 4 is 39.8 Å². The third-order valence-corrected chi connectivity index (χ3v) is 6.29. The Morgan fingerprint density at radius 2 is 1.85 bits per heavy atom. The van der Waals surface area contributed by atoms with Gasteiger partial charge in [0.05, 0.1) is 5.25 Å². The largest absolute Gasteiger partial charge is 0.457 e. The van der Waals surface area contributed by atoms with E-state index in [1.165, 1.54) is 23.1 Å². The summed E-state index contributed by atoms with van der Waals surface area (Å²) in [5, 5.41) is 12.2. The van der Waals surface area contributed by atoms with Gasteiger partial charge in [-0.05, 0) is 42.8 Å². The minimum Gasteiger partial charge on any atom is -0.457 e. The molecule has 0 aliphatic carbocycles. The smallest absolute Gasteiger partial charge is 0.235 e. The van der Waals surface area contributed by atoms with Crippen molar-refractivity contribution in [3.05, 3.63) is 54.6 Å². The number of carbonyl (C=O) groups is 1. The molecule has 1 unspecified atom stereocenters. The zero-order valence-corrected chi connectivity index (χ0v) is 16.3. The van der Waals surface area contributed by atoms with Crippen LogP contribution >= 0.6 is 23.1 Å². The van der Waals surface area contributed by atoms with Gasteiger partial charge in [0.15, 0.2) is 4.34 Å². The first kappa shape index (κ1) is 17.8. The average Bonchev–Trinajstić information content (AvgIpc) is 3.26. The molecule has 4 rings (SSSR count). The molecule has 138 valence electrons. The van der Waals surface area contributed by atoms with E-state index in [9.17, 15) is 4.79 Å². The van der Waals surface area contributed by atoms with E-state index < -0.39 is 0 Å². The minimum absolute atomic E-state index is 0.0507. The number of nitrogens with zero attached hydrogens (tertiary/aromatic N) is 3. The lowest BCUT2D eigenvalue weighted by atomic mass is 10.3. The molecule has 2 heterocycles. The maximum atomic E-state index is 12.0. The highest BCUT2D eigenvalue weighted by molar-refractivity contribution is 8.02. The highest BCUT2D eigenvalue weighted by Crippen LogP contribution is 2.34. The summed E-state index contributed by atoms with van der Waals surface area (Å²) in [7, 11) is 1.83. The number of anilines is 2. The van der Waals surface area contributed by atoms with Crippen LogP contribution in [0.1, 0.15) is 6.42 Å². The summed E-state index contributed by atoms with van der Waals surface area (Å²) < 4.78 is 6.59. The lowest BCUT2D eigenvalue weighted by Crippen LogP contribution is -2.23. The summed E-state index contributed by atoms with van der Waals surface area (Å²) in [4.78, 5) is 13.8. The highest BCUT2D eigenvalue weighted by Gasteiger charge is 2.30. The van der Waals surface area contributed by atoms with Crippen LogP contribution in [0.4, 0.5) is 10.8 Å². The quantitative estimate of drug-likeness (QED) is 0.664. The number of aromatic nitrogens is 2. The summed E-state index contributed by atoms with van der Waals surface area (Å²) in [6.07, 6.45) is 0.852. The number of thioether (sulfide) groups is 1. The number of ether oxygens (including phenoxy) is 1. The van der Waals surface area contributed by atoms with Crippen molar-refractivity contribution in [2.24, 2.45) is 0 Å². The zero-order valence-electron chi connectivity index (χ0n) is 14.7. The molecule has 8 heteroatoms. The normalized spacial score (nSPS) is 16.6. The number of rotatable bonds is 6. The van der Waals surface area contributed by atoms with Gasteiger partial charge >= 0.3 is 0 Å². The average molecular weight is 399 g/mol. The van der Waals surface area contributed by atoms with E-state index >= 15 is 0 Å². The lowest BCUT2D eigenvalue weighted by Gasteiger charge is -2.07. The van der Waals surface area contributed by atoms with Crippen LogP contribution in [0.5, 0.6) is 11.5 Å². The van der Waals surface area contributed by atoms with Crippen LogP contribution in [0.15, 0.2) is 58.9 Å². The molecule has 0 bridgehead atoms. The molecule has 6 nitrogen and oxygen atoms in total. The van der Waals surface area contributed by atoms with Crippen LogP contribution in [-0.4, -0.2) is 39.8 Å². The second kappa shape index (κ2) is 7.98. The third kappa shape index (κ3) is 4.40. The van der Waals surface area contributed by atoms with Crippen LogP contribution in [0.3, 0.4) is 0 Å². The predicted octanol–water partition coefficient (Wildman–Crippen LogP) is 4.40. The number of benzene rings is 2. The maximum Gasteiger partial charge on any atom is 0.235 e. The van der Waals surface area contributed by atoms with E-state index in [-0.39, 0.29) is 11.2 Å². The predicted molar refractivity (Wildman–Crippen MR) is 108 cm³/mol. The van der Waals surface area contributed by atoms with Crippen molar-refractivity contribution in [3.8, 4) is 11.5 Å². The molecule has 1 fully saturated rings. The molecule has 1 saturated heterocycles. The van der Waals surface area contributed by atoms with Crippen LogP contribution < -0.4 is 10.1 Å². The molecule has 1 aliphatic rings. The molecule has 3 aromatic rings. The Morgan fingerprint density at radius 1 is 1.11 bits per heavy atom. The first-order valence-corrected chi connectivity index (χ1v) is 10.2. The van der Waals surface area contributed by atoms with E-state index in [0.29, 0.717) is 5.13 Å². The monoisotopic (exact) mass is 398 g/mol. The Kier molecular flexibility index (Phi) is 5.26. The molecular weight excluding hydrogens is 380 g/mol. The summed E-state index contributed by atoms with van der Waals surface area (Å²) >= 11 is 2.94. The fraction of sp³-hybridized carbons (Fsp3) is 0.211. The van der Waals surface area contributed by atoms with Crippen LogP contribution in [-0.2, 0) is 4.79 Å². The fourth-order valence-corrected chi connectivity index (χ4v) is 4.79. The number of nitrogens with one attached hydrogen (secondary N) is 1. The molecule has 2 aromatic carbocycles. The van der Waals surface area contributed by atoms with Gasteiger partial charge < -0.3 is 15.0 Å². The van der Waals surface area contributed by atoms with Crippen molar-refractivity contribution in [2.45, 2.75) is 16.0 Å². The Morgan fingerprint density at radius 3 is 2.56 bits per heavy atom. The SMILES string of the molecule is CN1CCC(Sc2nnc(Nc3ccc(Oc4ccccc4)cc3)s2)C1=O. The van der Waals surface area contributed by atoms with E-state index in [0.717, 1.165) is 34.5 Å². The maximum absolute atomic E-state index is 12.0. The van der Waals surface area contributed by atoms with E-state index in [4.69, 9.17) is 4.74 Å². The van der Waals surface area contributed by atoms with Gasteiger partial charge in [-0.3, -0.25) is 4.79 Å². The van der Waals surface area contributed by atoms with Crippen molar-refractivity contribution in [1.29, 1.82) is 0 Å². The Labute approximate surface area is 165 Å². The second-order valence-electron chi connectivity index (χ2n) is 6.09. The van der Waals surface area contributed by atoms with Crippen molar-refractivity contribution in [2.75, 3.05) is 18.9 Å². The molecule has 0 spiro atoms. The Bertz CT molecular complexity index is 915. The van der Waals surface area contributed by atoms with Crippen molar-refractivity contribution in [1.82, 2.24) is 15.1 Å². The van der Waals surface area contributed by atoms with Gasteiger partial charge in [0, 0.05) is 19.3 Å². The van der Waals surface area contributed by atoms with Gasteiger partial charge in [-0.25, -0.2) is 0 Å². The minimum atomic E-state index is -0.0507. The summed E-state index contributed by atoms with van der Waals surface area (Å²) in [6.45, 7) is 0.803. The van der Waals surface area contributed by atoms with E-state index in [1.807, 2.05) is 61.6 Å². The van der Waals surface area contributed by atoms with Gasteiger partial charge in [-0.15, -0.1) is 10.2 Å². The topological polar surface area (TPSA) is 67.3 Å². The number of carbonyl (C=O) groups excluding carboxylic acids is 1. The summed E-state index contributed by atoms with van der Waals surface area (Å²) in [6, 6.07) is 17.3. The Balaban J connectivity index is 1.35. The fourth-order valence-electron chi connectivity index (χ4n) is 2.68. The number of hydrogen-bond donors (Lipinski definition) is 1. The first-order chi connectivity index (χ1) is 13.2. The standard InChI is InChI=1S/C19H18N4O2S2/c1-23-12-11-16(17(23)24)26-19-22-21-18(27-19)20-13-7-9-15(10-8-13)25-14-5-3-2-4-6-14/h2-10,16H,11-12H2,1H3,(H,20,21). The number of amides is 1. The molecule has 1 atom stereocenters. The van der Waals surface area contributed by atoms with Gasteiger partial charge in [0.25, 0.3) is 0 Å². The Hall–Kier alpha value is -2.58. The highest BCUT2D eigenvalue weighted by atomic mass is 32.2. The van der Waals surface area contributed by atoms with Gasteiger partial charge in [-0.2, -0.15) is 0 Å². The number of hydrogen-bond acceptors (Lipinski definition) is 7. The zero-order chi connectivity index (χ0) is 18.6. The number of likely N-dealkylation sites (tertiary alicyclic amines) is 1. The molecule has 0 saturated carbocycles. The first-order valence-electron chi connectivity index (χ1n) is 8.52. The van der Waals surface area contributed by atoms with E-state index in [2.05, 4.69) is 15.5 Å². The molecule has 1 N–H and O–H groups in total. The lowest BCUT2D eigenvalue weighted by molar-refractivity contribution is -0.126. The van der Waals surface area contributed by atoms with E-state index in [1.54, 1.807) is 4.90 Å². The summed E-state index contributed by atoms with van der Waals surface area (Å²) in [5.74, 6) is 1.74. The molecule has 0 radical (unpaired) electrons. The molecule has 1 amide bonds. The molecule has 1 aromatic heterocycles. The van der Waals surface area contributed by atoms with Crippen LogP contribution in [0.2, 0.25) is 0 Å². The van der Waals surface area contributed by atoms with Crippen molar-refractivity contribution < 1.29 is 9.53 Å². The number of para-hydroxylation sites is 1. The molecule has 27 heavy (non-hydrogen) atoms. The molecule has 1 aliphatic heterocycles. The van der Waals surface area contributed by atoms with Crippen LogP contribution in [0, 0.1) is 0 Å².